The fraction of sp³-hybridized carbons (Fsp3) is 0.462. The van der Waals surface area contributed by atoms with Crippen molar-refractivity contribution in [1.82, 2.24) is 10.2 Å². The summed E-state index contributed by atoms with van der Waals surface area (Å²) in [6.07, 6.45) is 0.163. The van der Waals surface area contributed by atoms with E-state index in [1.165, 1.54) is 0 Å². The van der Waals surface area contributed by atoms with Crippen molar-refractivity contribution in [3.05, 3.63) is 137 Å². The zero-order chi connectivity index (χ0) is 48.2. The van der Waals surface area contributed by atoms with Gasteiger partial charge in [0.25, 0.3) is 11.8 Å². The minimum absolute atomic E-state index is 0.0628. The van der Waals surface area contributed by atoms with E-state index in [0.29, 0.717) is 138 Å². The summed E-state index contributed by atoms with van der Waals surface area (Å²) in [4.78, 5) is 51.0. The minimum atomic E-state index is -1.02. The Morgan fingerprint density at radius 3 is 1.26 bits per heavy atom. The van der Waals surface area contributed by atoms with E-state index in [0.717, 1.165) is 21.6 Å². The maximum Gasteiger partial charge on any atom is 0.264 e. The van der Waals surface area contributed by atoms with Crippen LogP contribution in [0.4, 0.5) is 5.69 Å². The van der Waals surface area contributed by atoms with Crippen LogP contribution in [-0.2, 0) is 62.6 Å². The molecule has 2 heterocycles. The second kappa shape index (κ2) is 30.2. The number of benzene rings is 4. The third-order valence-electron chi connectivity index (χ3n) is 11.1. The number of carbonyl (C=O) groups excluding carboxylic acids is 4. The van der Waals surface area contributed by atoms with E-state index < -0.39 is 35.3 Å². The number of hydrogen-bond donors (Lipinski definition) is 2. The second-order valence-corrected chi connectivity index (χ2v) is 15.7. The number of amides is 4. The van der Waals surface area contributed by atoms with Gasteiger partial charge in [0.15, 0.2) is 0 Å². The summed E-state index contributed by atoms with van der Waals surface area (Å²) in [6.45, 7) is 8.61. The van der Waals surface area contributed by atoms with Crippen LogP contribution >= 0.6 is 0 Å². The number of ether oxygens (including phenoxy) is 10. The Morgan fingerprint density at radius 2 is 0.855 bits per heavy atom. The van der Waals surface area contributed by atoms with Crippen molar-refractivity contribution in [2.24, 2.45) is 0 Å². The van der Waals surface area contributed by atoms with Gasteiger partial charge in [-0.15, -0.1) is 0 Å². The summed E-state index contributed by atoms with van der Waals surface area (Å²) in [5.41, 5.74) is 3.30. The van der Waals surface area contributed by atoms with Gasteiger partial charge in [0.1, 0.15) is 11.6 Å². The van der Waals surface area contributed by atoms with E-state index in [-0.39, 0.29) is 24.0 Å². The quantitative estimate of drug-likeness (QED) is 0.0364. The first-order valence-corrected chi connectivity index (χ1v) is 23.6. The standard InChI is InChI=1S/C52H65N3O14/c56-47-20-19-46(49(57)54-47)55-50(58)44-17-10-18-45(48(44)51(55)59)53-21-22-60-23-24-61-25-26-62-27-28-63-29-30-64-31-32-65-33-34-66-35-36-67-37-38-68-39-40-69-52(41-11-4-1-5-12-41,42-13-6-2-7-14-42)43-15-8-3-9-16-43/h1-18,46,53H,19-40H2,(H,54,56,57). The van der Waals surface area contributed by atoms with Crippen LogP contribution in [0, 0.1) is 0 Å². The number of hydrogen-bond acceptors (Lipinski definition) is 15. The smallest absolute Gasteiger partial charge is 0.264 e. The first-order chi connectivity index (χ1) is 34.0. The highest BCUT2D eigenvalue weighted by Gasteiger charge is 2.45. The second-order valence-electron chi connectivity index (χ2n) is 15.7. The molecule has 17 nitrogen and oxygen atoms in total. The van der Waals surface area contributed by atoms with Crippen molar-refractivity contribution in [3.63, 3.8) is 0 Å². The Hall–Kier alpha value is -5.44. The number of piperidine rings is 1. The van der Waals surface area contributed by atoms with Gasteiger partial charge in [-0.3, -0.25) is 29.4 Å². The van der Waals surface area contributed by atoms with Crippen molar-refractivity contribution in [2.45, 2.75) is 24.5 Å². The molecule has 6 rings (SSSR count). The van der Waals surface area contributed by atoms with Gasteiger partial charge in [-0.1, -0.05) is 97.1 Å². The lowest BCUT2D eigenvalue weighted by Gasteiger charge is -2.36. The van der Waals surface area contributed by atoms with E-state index in [9.17, 15) is 19.2 Å². The van der Waals surface area contributed by atoms with Gasteiger partial charge in [0.2, 0.25) is 11.8 Å². The molecule has 4 aromatic rings. The number of fused-ring (bicyclic) bond motifs is 1. The van der Waals surface area contributed by atoms with E-state index in [4.69, 9.17) is 47.4 Å². The fourth-order valence-electron chi connectivity index (χ4n) is 7.80. The molecular weight excluding hydrogens is 891 g/mol. The van der Waals surface area contributed by atoms with Gasteiger partial charge in [-0.05, 0) is 35.2 Å². The molecule has 0 bridgehead atoms. The normalized spacial score (nSPS) is 14.9. The van der Waals surface area contributed by atoms with E-state index in [1.807, 2.05) is 54.6 Å². The maximum atomic E-state index is 13.2. The van der Waals surface area contributed by atoms with Crippen LogP contribution in [0.3, 0.4) is 0 Å². The van der Waals surface area contributed by atoms with E-state index >= 15 is 0 Å². The molecule has 0 spiro atoms. The van der Waals surface area contributed by atoms with Gasteiger partial charge < -0.3 is 52.7 Å². The van der Waals surface area contributed by atoms with Crippen molar-refractivity contribution in [3.8, 4) is 0 Å². The highest BCUT2D eigenvalue weighted by Crippen LogP contribution is 2.40. The SMILES string of the molecule is O=C1CCC(N2C(=O)c3cccc(NCCOCCOCCOCCOCCOCCOCCOCCOCCOCCOC(c4ccccc4)(c4ccccc4)c4ccccc4)c3C2=O)C(=O)N1. The molecule has 69 heavy (non-hydrogen) atoms. The Morgan fingerprint density at radius 1 is 0.464 bits per heavy atom. The lowest BCUT2D eigenvalue weighted by atomic mass is 9.80. The summed E-state index contributed by atoms with van der Waals surface area (Å²) >= 11 is 0. The molecule has 0 aliphatic carbocycles. The Labute approximate surface area is 403 Å². The third-order valence-corrected chi connectivity index (χ3v) is 11.1. The van der Waals surface area contributed by atoms with Gasteiger partial charge in [-0.25, -0.2) is 0 Å². The van der Waals surface area contributed by atoms with Gasteiger partial charge in [0.05, 0.1) is 137 Å². The highest BCUT2D eigenvalue weighted by atomic mass is 16.6. The number of nitrogens with zero attached hydrogens (tertiary/aromatic N) is 1. The van der Waals surface area contributed by atoms with Crippen molar-refractivity contribution >= 4 is 29.3 Å². The lowest BCUT2D eigenvalue weighted by Crippen LogP contribution is -2.54. The third kappa shape index (κ3) is 16.3. The molecule has 0 aromatic heterocycles. The van der Waals surface area contributed by atoms with Crippen LogP contribution in [-0.4, -0.2) is 167 Å². The van der Waals surface area contributed by atoms with Crippen LogP contribution in [0.25, 0.3) is 0 Å². The molecule has 4 aromatic carbocycles. The van der Waals surface area contributed by atoms with Crippen LogP contribution < -0.4 is 10.6 Å². The molecule has 1 saturated heterocycles. The summed E-state index contributed by atoms with van der Waals surface area (Å²) in [6, 6.07) is 34.8. The first kappa shape index (κ1) is 52.9. The van der Waals surface area contributed by atoms with E-state index in [1.54, 1.807) is 18.2 Å². The van der Waals surface area contributed by atoms with E-state index in [2.05, 4.69) is 47.0 Å². The molecule has 1 unspecified atom stereocenters. The number of anilines is 1. The van der Waals surface area contributed by atoms with Crippen LogP contribution in [0.2, 0.25) is 0 Å². The number of imide groups is 2. The Kier molecular flexibility index (Phi) is 23.2. The summed E-state index contributed by atoms with van der Waals surface area (Å²) < 4.78 is 57.2. The predicted octanol–water partition coefficient (Wildman–Crippen LogP) is 4.66. The molecule has 2 N–H and O–H groups in total. The molecule has 372 valence electrons. The predicted molar refractivity (Wildman–Crippen MR) is 254 cm³/mol. The average molecular weight is 956 g/mol. The Balaban J connectivity index is 0.665. The lowest BCUT2D eigenvalue weighted by molar-refractivity contribution is -0.136. The number of carbonyl (C=O) groups is 4. The minimum Gasteiger partial charge on any atom is -0.382 e. The number of rotatable bonds is 36. The van der Waals surface area contributed by atoms with Crippen molar-refractivity contribution in [1.29, 1.82) is 0 Å². The van der Waals surface area contributed by atoms with Crippen molar-refractivity contribution in [2.75, 3.05) is 137 Å². The molecule has 2 aliphatic heterocycles. The molecule has 0 radical (unpaired) electrons. The molecular formula is C52H65N3O14. The number of nitrogens with one attached hydrogen (secondary N) is 2. The van der Waals surface area contributed by atoms with Crippen molar-refractivity contribution < 1.29 is 66.5 Å². The fourth-order valence-corrected chi connectivity index (χ4v) is 7.80. The molecule has 17 heteroatoms. The van der Waals surface area contributed by atoms with Crippen LogP contribution in [0.15, 0.2) is 109 Å². The molecule has 4 amide bonds. The molecule has 1 fully saturated rings. The van der Waals surface area contributed by atoms with Gasteiger partial charge >= 0.3 is 0 Å². The summed E-state index contributed by atoms with van der Waals surface area (Å²) in [5, 5.41) is 5.34. The first-order valence-electron chi connectivity index (χ1n) is 23.6. The summed E-state index contributed by atoms with van der Waals surface area (Å²) in [5.74, 6) is -2.17. The molecule has 1 atom stereocenters. The van der Waals surface area contributed by atoms with Crippen LogP contribution in [0.5, 0.6) is 0 Å². The highest BCUT2D eigenvalue weighted by molar-refractivity contribution is 6.25. The monoisotopic (exact) mass is 955 g/mol. The average Bonchev–Trinajstić information content (AvgIpc) is 3.63. The van der Waals surface area contributed by atoms with Crippen LogP contribution in [0.1, 0.15) is 50.2 Å². The Bertz CT molecular complexity index is 2030. The molecule has 0 saturated carbocycles. The maximum absolute atomic E-state index is 13.2. The zero-order valence-electron chi connectivity index (χ0n) is 39.2. The summed E-state index contributed by atoms with van der Waals surface area (Å²) in [7, 11) is 0. The zero-order valence-corrected chi connectivity index (χ0v) is 39.2. The van der Waals surface area contributed by atoms with Gasteiger partial charge in [0, 0.05) is 18.7 Å². The molecule has 2 aliphatic rings. The topological polar surface area (TPSA) is 188 Å². The van der Waals surface area contributed by atoms with Gasteiger partial charge in [-0.2, -0.15) is 0 Å². The largest absolute Gasteiger partial charge is 0.382 e.